The lowest BCUT2D eigenvalue weighted by Crippen LogP contribution is -2.15. The van der Waals surface area contributed by atoms with Gasteiger partial charge in [-0.15, -0.1) is 0 Å². The van der Waals surface area contributed by atoms with E-state index >= 15 is 0 Å². The van der Waals surface area contributed by atoms with Crippen LogP contribution < -0.4 is 4.90 Å². The predicted molar refractivity (Wildman–Crippen MR) is 43.2 cm³/mol. The highest BCUT2D eigenvalue weighted by atomic mass is 16.1. The maximum Gasteiger partial charge on any atom is 0.215 e. The topological polar surface area (TPSA) is 33.2 Å². The fraction of sp³-hybridized carbons (Fsp3) is 0.125. The molecular formula is C8H9N2O. The van der Waals surface area contributed by atoms with Crippen LogP contribution in [0.2, 0.25) is 0 Å². The molecule has 1 amide bonds. The van der Waals surface area contributed by atoms with E-state index in [-0.39, 0.29) is 0 Å². The summed E-state index contributed by atoms with van der Waals surface area (Å²) in [6.45, 7) is 3.64. The molecule has 1 radical (unpaired) electrons. The number of aromatic nitrogens is 1. The van der Waals surface area contributed by atoms with E-state index < -0.39 is 0 Å². The van der Waals surface area contributed by atoms with E-state index in [9.17, 15) is 4.79 Å². The first-order valence-electron chi connectivity index (χ1n) is 3.21. The molecule has 1 heterocycles. The number of nitrogens with zero attached hydrogens (tertiary/aromatic N) is 2. The van der Waals surface area contributed by atoms with Crippen LogP contribution in [-0.4, -0.2) is 18.4 Å². The first-order valence-corrected chi connectivity index (χ1v) is 3.21. The van der Waals surface area contributed by atoms with Crippen LogP contribution in [0.5, 0.6) is 0 Å². The van der Waals surface area contributed by atoms with Gasteiger partial charge in [-0.1, -0.05) is 6.07 Å². The third-order valence-corrected chi connectivity index (χ3v) is 1.31. The Labute approximate surface area is 65.7 Å². The summed E-state index contributed by atoms with van der Waals surface area (Å²) in [5, 5.41) is 0. The molecule has 0 saturated heterocycles. The summed E-state index contributed by atoms with van der Waals surface area (Å²) < 4.78 is 0. The van der Waals surface area contributed by atoms with Gasteiger partial charge in [-0.2, -0.15) is 0 Å². The Kier molecular flexibility index (Phi) is 2.21. The maximum atomic E-state index is 10.3. The highest BCUT2D eigenvalue weighted by Gasteiger charge is 1.97. The largest absolute Gasteiger partial charge is 0.303 e. The van der Waals surface area contributed by atoms with Crippen molar-refractivity contribution in [3.63, 3.8) is 0 Å². The van der Waals surface area contributed by atoms with Crippen molar-refractivity contribution in [2.24, 2.45) is 0 Å². The molecule has 0 atom stereocenters. The Morgan fingerprint density at radius 2 is 2.36 bits per heavy atom. The van der Waals surface area contributed by atoms with Gasteiger partial charge in [0.05, 0.1) is 0 Å². The first-order chi connectivity index (χ1) is 5.24. The van der Waals surface area contributed by atoms with Crippen LogP contribution in [0.15, 0.2) is 18.2 Å². The molecule has 3 heteroatoms. The minimum absolute atomic E-state index is 0.618. The van der Waals surface area contributed by atoms with Crippen molar-refractivity contribution >= 4 is 12.2 Å². The monoisotopic (exact) mass is 149 g/mol. The van der Waals surface area contributed by atoms with Crippen molar-refractivity contribution in [1.82, 2.24) is 4.98 Å². The Morgan fingerprint density at radius 1 is 1.64 bits per heavy atom. The SMILES string of the molecule is [CH2]c1cccc(N(C)C=O)n1. The molecule has 11 heavy (non-hydrogen) atoms. The van der Waals surface area contributed by atoms with Gasteiger partial charge in [-0.3, -0.25) is 4.79 Å². The van der Waals surface area contributed by atoms with Crippen LogP contribution in [0.3, 0.4) is 0 Å². The Bertz CT molecular complexity index is 260. The number of carbonyl (C=O) groups excluding carboxylic acids is 1. The van der Waals surface area contributed by atoms with E-state index in [4.69, 9.17) is 0 Å². The fourth-order valence-electron chi connectivity index (χ4n) is 0.717. The number of hydrogen-bond donors (Lipinski definition) is 0. The van der Waals surface area contributed by atoms with Crippen LogP contribution in [0.4, 0.5) is 5.82 Å². The van der Waals surface area contributed by atoms with E-state index in [1.54, 1.807) is 19.2 Å². The summed E-state index contributed by atoms with van der Waals surface area (Å²) in [6.07, 6.45) is 0.710. The average molecular weight is 149 g/mol. The van der Waals surface area contributed by atoms with Crippen LogP contribution in [0, 0.1) is 6.92 Å². The highest BCUT2D eigenvalue weighted by Crippen LogP contribution is 2.06. The van der Waals surface area contributed by atoms with Gasteiger partial charge < -0.3 is 4.90 Å². The lowest BCUT2D eigenvalue weighted by atomic mass is 10.4. The van der Waals surface area contributed by atoms with Crippen molar-refractivity contribution in [2.45, 2.75) is 0 Å². The number of anilines is 1. The smallest absolute Gasteiger partial charge is 0.215 e. The normalized spacial score (nSPS) is 9.27. The summed E-state index contributed by atoms with van der Waals surface area (Å²) in [4.78, 5) is 15.7. The van der Waals surface area contributed by atoms with Crippen molar-refractivity contribution in [3.8, 4) is 0 Å². The average Bonchev–Trinajstić information content (AvgIpc) is 2.03. The van der Waals surface area contributed by atoms with Crippen molar-refractivity contribution in [2.75, 3.05) is 11.9 Å². The molecule has 57 valence electrons. The van der Waals surface area contributed by atoms with Crippen molar-refractivity contribution in [3.05, 3.63) is 30.8 Å². The van der Waals surface area contributed by atoms with Crippen LogP contribution >= 0.6 is 0 Å². The van der Waals surface area contributed by atoms with Gasteiger partial charge in [0, 0.05) is 12.7 Å². The molecule has 0 saturated carbocycles. The van der Waals surface area contributed by atoms with E-state index in [0.29, 0.717) is 17.9 Å². The molecular weight excluding hydrogens is 140 g/mol. The standard InChI is InChI=1S/C8H9N2O/c1-7-4-3-5-8(9-7)10(2)6-11/h3-6H,1H2,2H3. The number of carbonyl (C=O) groups is 1. The lowest BCUT2D eigenvalue weighted by molar-refractivity contribution is -0.107. The minimum Gasteiger partial charge on any atom is -0.303 e. The maximum absolute atomic E-state index is 10.3. The summed E-state index contributed by atoms with van der Waals surface area (Å²) >= 11 is 0. The molecule has 3 nitrogen and oxygen atoms in total. The quantitative estimate of drug-likeness (QED) is 0.584. The Balaban J connectivity index is 2.95. The van der Waals surface area contributed by atoms with E-state index in [1.165, 1.54) is 4.90 Å². The van der Waals surface area contributed by atoms with Gasteiger partial charge in [0.1, 0.15) is 5.82 Å². The van der Waals surface area contributed by atoms with Crippen LogP contribution in [-0.2, 0) is 4.79 Å². The van der Waals surface area contributed by atoms with E-state index in [1.807, 2.05) is 6.07 Å². The number of rotatable bonds is 2. The molecule has 0 N–H and O–H groups in total. The molecule has 0 spiro atoms. The van der Waals surface area contributed by atoms with Crippen molar-refractivity contribution < 1.29 is 4.79 Å². The molecule has 1 aromatic rings. The van der Waals surface area contributed by atoms with Gasteiger partial charge in [-0.25, -0.2) is 4.98 Å². The molecule has 1 aromatic heterocycles. The Morgan fingerprint density at radius 3 is 2.91 bits per heavy atom. The second-order valence-electron chi connectivity index (χ2n) is 2.20. The molecule has 0 bridgehead atoms. The summed E-state index contributed by atoms with van der Waals surface area (Å²) in [7, 11) is 1.65. The molecule has 1 rings (SSSR count). The zero-order chi connectivity index (χ0) is 8.27. The van der Waals surface area contributed by atoms with Crippen LogP contribution in [0.25, 0.3) is 0 Å². The van der Waals surface area contributed by atoms with E-state index in [2.05, 4.69) is 11.9 Å². The molecule has 0 aliphatic rings. The van der Waals surface area contributed by atoms with E-state index in [0.717, 1.165) is 0 Å². The fourth-order valence-corrected chi connectivity index (χ4v) is 0.717. The summed E-state index contributed by atoms with van der Waals surface area (Å²) in [5.41, 5.74) is 0.663. The second-order valence-corrected chi connectivity index (χ2v) is 2.20. The van der Waals surface area contributed by atoms with Crippen molar-refractivity contribution in [1.29, 1.82) is 0 Å². The zero-order valence-electron chi connectivity index (χ0n) is 6.32. The Hall–Kier alpha value is -1.38. The van der Waals surface area contributed by atoms with Gasteiger partial charge in [0.25, 0.3) is 0 Å². The number of pyridine rings is 1. The molecule has 0 aliphatic carbocycles. The number of hydrogen-bond acceptors (Lipinski definition) is 2. The van der Waals surface area contributed by atoms with Gasteiger partial charge >= 0.3 is 0 Å². The third kappa shape index (κ3) is 1.77. The molecule has 0 fully saturated rings. The highest BCUT2D eigenvalue weighted by molar-refractivity contribution is 5.71. The molecule has 0 unspecified atom stereocenters. The lowest BCUT2D eigenvalue weighted by Gasteiger charge is -2.08. The molecule has 0 aromatic carbocycles. The first kappa shape index (κ1) is 7.72. The second kappa shape index (κ2) is 3.14. The van der Waals surface area contributed by atoms with Gasteiger partial charge in [0.15, 0.2) is 0 Å². The third-order valence-electron chi connectivity index (χ3n) is 1.31. The molecule has 0 aliphatic heterocycles. The number of amides is 1. The van der Waals surface area contributed by atoms with Crippen LogP contribution in [0.1, 0.15) is 5.69 Å². The zero-order valence-corrected chi connectivity index (χ0v) is 6.32. The predicted octanol–water partition coefficient (Wildman–Crippen LogP) is 0.856. The summed E-state index contributed by atoms with van der Waals surface area (Å²) in [6, 6.07) is 5.34. The minimum atomic E-state index is 0.618. The van der Waals surface area contributed by atoms with Gasteiger partial charge in [-0.05, 0) is 19.1 Å². The van der Waals surface area contributed by atoms with Gasteiger partial charge in [0.2, 0.25) is 6.41 Å². The summed E-state index contributed by atoms with van der Waals surface area (Å²) in [5.74, 6) is 0.618.